The molecule has 2 aliphatic rings. The van der Waals surface area contributed by atoms with Crippen molar-refractivity contribution in [3.8, 4) is 0 Å². The molecule has 2 aliphatic carbocycles. The summed E-state index contributed by atoms with van der Waals surface area (Å²) in [6.07, 6.45) is 0.735. The molecule has 0 saturated heterocycles. The van der Waals surface area contributed by atoms with Gasteiger partial charge < -0.3 is 0 Å². The van der Waals surface area contributed by atoms with Crippen LogP contribution in [0.2, 0.25) is 0 Å². The van der Waals surface area contributed by atoms with Gasteiger partial charge >= 0.3 is 23.9 Å². The summed E-state index contributed by atoms with van der Waals surface area (Å²) in [5, 5.41) is 0. The summed E-state index contributed by atoms with van der Waals surface area (Å²) in [5.41, 5.74) is 0. The number of alkyl halides is 9. The SMILES string of the molecule is CCC[C@H]1CC[C@H](C2CCC(CCC(F)(F)C(F)(F)C(F)(F)C(F)(F)F)CC2)CC1. The van der Waals surface area contributed by atoms with Crippen molar-refractivity contribution >= 4 is 0 Å². The van der Waals surface area contributed by atoms with E-state index in [0.29, 0.717) is 24.7 Å². The molecule has 0 aromatic carbocycles. The van der Waals surface area contributed by atoms with Gasteiger partial charge in [0.2, 0.25) is 0 Å². The lowest BCUT2D eigenvalue weighted by Crippen LogP contribution is -2.60. The topological polar surface area (TPSA) is 0 Å². The molecular weight excluding hydrogens is 423 g/mol. The first-order valence-corrected chi connectivity index (χ1v) is 10.9. The second-order valence-corrected chi connectivity index (χ2v) is 9.24. The van der Waals surface area contributed by atoms with Crippen LogP contribution in [0.15, 0.2) is 0 Å². The van der Waals surface area contributed by atoms with Crippen LogP contribution in [0, 0.1) is 23.7 Å². The molecule has 2 saturated carbocycles. The van der Waals surface area contributed by atoms with Crippen molar-refractivity contribution in [2.75, 3.05) is 0 Å². The van der Waals surface area contributed by atoms with Crippen molar-refractivity contribution in [3.63, 3.8) is 0 Å². The van der Waals surface area contributed by atoms with E-state index in [1.165, 1.54) is 25.7 Å². The van der Waals surface area contributed by atoms with Gasteiger partial charge in [-0.05, 0) is 55.8 Å². The maximum absolute atomic E-state index is 13.7. The molecule has 0 aromatic rings. The lowest BCUT2D eigenvalue weighted by Gasteiger charge is -2.38. The van der Waals surface area contributed by atoms with E-state index in [2.05, 4.69) is 6.92 Å². The van der Waals surface area contributed by atoms with Crippen molar-refractivity contribution in [1.82, 2.24) is 0 Å². The highest BCUT2D eigenvalue weighted by Gasteiger charge is 2.81. The van der Waals surface area contributed by atoms with Crippen LogP contribution in [0.25, 0.3) is 0 Å². The van der Waals surface area contributed by atoms with Crippen molar-refractivity contribution < 1.29 is 39.5 Å². The second-order valence-electron chi connectivity index (χ2n) is 9.24. The first-order chi connectivity index (χ1) is 13.7. The van der Waals surface area contributed by atoms with E-state index in [4.69, 9.17) is 0 Å². The monoisotopic (exact) mass is 454 g/mol. The molecule has 0 aliphatic heterocycles. The number of hydrogen-bond acceptors (Lipinski definition) is 0. The third-order valence-corrected chi connectivity index (χ3v) is 7.22. The minimum atomic E-state index is -6.78. The van der Waals surface area contributed by atoms with Gasteiger partial charge in [-0.15, -0.1) is 0 Å². The van der Waals surface area contributed by atoms with Crippen LogP contribution >= 0.6 is 0 Å². The summed E-state index contributed by atoms with van der Waals surface area (Å²) < 4.78 is 117. The zero-order chi connectivity index (χ0) is 22.8. The van der Waals surface area contributed by atoms with Gasteiger partial charge in [-0.3, -0.25) is 0 Å². The minimum absolute atomic E-state index is 0.348. The van der Waals surface area contributed by atoms with Crippen LogP contribution in [0.3, 0.4) is 0 Å². The maximum Gasteiger partial charge on any atom is 0.460 e. The molecule has 0 radical (unpaired) electrons. The Morgan fingerprint density at radius 2 is 0.967 bits per heavy atom. The fourth-order valence-electron chi connectivity index (χ4n) is 5.25. The molecule has 0 nitrogen and oxygen atoms in total. The highest BCUT2D eigenvalue weighted by Crippen LogP contribution is 2.55. The van der Waals surface area contributed by atoms with Gasteiger partial charge in [0.1, 0.15) is 0 Å². The van der Waals surface area contributed by atoms with Crippen molar-refractivity contribution in [1.29, 1.82) is 0 Å². The standard InChI is InChI=1S/C21H31F9/c1-2-3-14-4-8-16(9-5-14)17-10-6-15(7-11-17)12-13-18(22,23)19(24,25)20(26,27)21(28,29)30/h14-17H,2-13H2,1H3/t14-,15?,16-,17?. The molecule has 2 rings (SSSR count). The van der Waals surface area contributed by atoms with Crippen LogP contribution in [-0.4, -0.2) is 23.9 Å². The molecular formula is C21H31F9. The Bertz CT molecular complexity index is 525. The third-order valence-electron chi connectivity index (χ3n) is 7.22. The largest absolute Gasteiger partial charge is 0.460 e. The Morgan fingerprint density at radius 1 is 0.567 bits per heavy atom. The van der Waals surface area contributed by atoms with Crippen LogP contribution < -0.4 is 0 Å². The molecule has 0 aromatic heterocycles. The predicted molar refractivity (Wildman–Crippen MR) is 95.9 cm³/mol. The Balaban J connectivity index is 1.82. The van der Waals surface area contributed by atoms with E-state index in [1.54, 1.807) is 0 Å². The molecule has 0 N–H and O–H groups in total. The molecule has 0 atom stereocenters. The van der Waals surface area contributed by atoms with Gasteiger partial charge in [0.25, 0.3) is 0 Å². The Morgan fingerprint density at radius 3 is 1.33 bits per heavy atom. The van der Waals surface area contributed by atoms with E-state index in [-0.39, 0.29) is 5.92 Å². The van der Waals surface area contributed by atoms with Gasteiger partial charge in [-0.25, -0.2) is 0 Å². The molecule has 0 heterocycles. The van der Waals surface area contributed by atoms with Gasteiger partial charge in [0.05, 0.1) is 0 Å². The first-order valence-electron chi connectivity index (χ1n) is 10.9. The number of halogens is 9. The molecule has 0 amide bonds. The Labute approximate surface area is 172 Å². The van der Waals surface area contributed by atoms with E-state index in [0.717, 1.165) is 31.6 Å². The average Bonchev–Trinajstić information content (AvgIpc) is 2.66. The normalized spacial score (nSPS) is 29.8. The molecule has 0 unspecified atom stereocenters. The van der Waals surface area contributed by atoms with Crippen LogP contribution in [0.1, 0.15) is 84.0 Å². The number of rotatable bonds is 8. The van der Waals surface area contributed by atoms with Crippen molar-refractivity contribution in [3.05, 3.63) is 0 Å². The predicted octanol–water partition coefficient (Wildman–Crippen LogP) is 8.65. The highest BCUT2D eigenvalue weighted by molar-refractivity contribution is 5.00. The van der Waals surface area contributed by atoms with Gasteiger partial charge in [0.15, 0.2) is 0 Å². The van der Waals surface area contributed by atoms with Crippen molar-refractivity contribution in [2.24, 2.45) is 23.7 Å². The molecule has 178 valence electrons. The van der Waals surface area contributed by atoms with Crippen molar-refractivity contribution in [2.45, 2.75) is 108 Å². The second kappa shape index (κ2) is 9.47. The van der Waals surface area contributed by atoms with Crippen LogP contribution in [-0.2, 0) is 0 Å². The third kappa shape index (κ3) is 5.40. The summed E-state index contributed by atoms with van der Waals surface area (Å²) in [6.45, 7) is 2.16. The van der Waals surface area contributed by atoms with E-state index < -0.39 is 36.8 Å². The quantitative estimate of drug-likeness (QED) is 0.322. The Kier molecular flexibility index (Phi) is 8.09. The smallest absolute Gasteiger partial charge is 0.200 e. The summed E-state index contributed by atoms with van der Waals surface area (Å²) in [6, 6.07) is 0. The van der Waals surface area contributed by atoms with E-state index >= 15 is 0 Å². The lowest BCUT2D eigenvalue weighted by molar-refractivity contribution is -0.397. The fraction of sp³-hybridized carbons (Fsp3) is 1.00. The van der Waals surface area contributed by atoms with Gasteiger partial charge in [-0.1, -0.05) is 45.4 Å². The van der Waals surface area contributed by atoms with Crippen LogP contribution in [0.4, 0.5) is 39.5 Å². The van der Waals surface area contributed by atoms with E-state index in [1.807, 2.05) is 0 Å². The fourth-order valence-corrected chi connectivity index (χ4v) is 5.25. The van der Waals surface area contributed by atoms with E-state index in [9.17, 15) is 39.5 Å². The zero-order valence-electron chi connectivity index (χ0n) is 17.2. The summed E-state index contributed by atoms with van der Waals surface area (Å²) in [4.78, 5) is 0. The maximum atomic E-state index is 13.7. The molecule has 9 heteroatoms. The summed E-state index contributed by atoms with van der Waals surface area (Å²) in [5.74, 6) is -17.2. The molecule has 30 heavy (non-hydrogen) atoms. The minimum Gasteiger partial charge on any atom is -0.200 e. The van der Waals surface area contributed by atoms with Gasteiger partial charge in [-0.2, -0.15) is 39.5 Å². The summed E-state index contributed by atoms with van der Waals surface area (Å²) in [7, 11) is 0. The van der Waals surface area contributed by atoms with Gasteiger partial charge in [0, 0.05) is 6.42 Å². The number of hydrogen-bond donors (Lipinski definition) is 0. The Hall–Kier alpha value is -0.630. The first kappa shape index (κ1) is 25.6. The zero-order valence-corrected chi connectivity index (χ0v) is 17.2. The van der Waals surface area contributed by atoms with Crippen LogP contribution in [0.5, 0.6) is 0 Å². The average molecular weight is 454 g/mol. The lowest BCUT2D eigenvalue weighted by atomic mass is 9.68. The summed E-state index contributed by atoms with van der Waals surface area (Å²) >= 11 is 0. The molecule has 0 spiro atoms. The molecule has 2 fully saturated rings. The molecule has 0 bridgehead atoms. The highest BCUT2D eigenvalue weighted by atomic mass is 19.4.